The van der Waals surface area contributed by atoms with Crippen LogP contribution in [0, 0.1) is 6.92 Å². The number of anilines is 1. The van der Waals surface area contributed by atoms with Gasteiger partial charge in [-0.1, -0.05) is 19.1 Å². The van der Waals surface area contributed by atoms with Crippen molar-refractivity contribution in [2.24, 2.45) is 0 Å². The molecule has 0 bridgehead atoms. The Morgan fingerprint density at radius 3 is 2.79 bits per heavy atom. The number of benzene rings is 1. The van der Waals surface area contributed by atoms with Crippen molar-refractivity contribution < 1.29 is 9.53 Å². The highest BCUT2D eigenvalue weighted by Gasteiger charge is 2.27. The molecule has 24 heavy (non-hydrogen) atoms. The standard InChI is InChI=1S/C18H23N3O2S/c1-4-14-17(24-13(2)19-14)11-20-9-10-21(18(22)12-20)15-7-5-6-8-16(15)23-3/h5-8H,4,9-12H2,1-3H3. The largest absolute Gasteiger partial charge is 0.495 e. The van der Waals surface area contributed by atoms with E-state index in [1.165, 1.54) is 4.88 Å². The molecular weight excluding hydrogens is 322 g/mol. The van der Waals surface area contributed by atoms with Gasteiger partial charge in [-0.25, -0.2) is 4.98 Å². The van der Waals surface area contributed by atoms with Crippen LogP contribution < -0.4 is 9.64 Å². The molecule has 2 heterocycles. The molecule has 1 aromatic heterocycles. The maximum Gasteiger partial charge on any atom is 0.241 e. The Morgan fingerprint density at radius 2 is 2.08 bits per heavy atom. The summed E-state index contributed by atoms with van der Waals surface area (Å²) >= 11 is 1.74. The molecule has 1 amide bonds. The van der Waals surface area contributed by atoms with Crippen LogP contribution in [0.25, 0.3) is 0 Å². The number of aryl methyl sites for hydroxylation is 2. The topological polar surface area (TPSA) is 45.7 Å². The summed E-state index contributed by atoms with van der Waals surface area (Å²) < 4.78 is 5.39. The maximum absolute atomic E-state index is 12.6. The molecule has 0 atom stereocenters. The minimum atomic E-state index is 0.116. The second-order valence-electron chi connectivity index (χ2n) is 5.88. The number of aromatic nitrogens is 1. The number of thiazole rings is 1. The van der Waals surface area contributed by atoms with Crippen LogP contribution >= 0.6 is 11.3 Å². The van der Waals surface area contributed by atoms with Crippen molar-refractivity contribution in [2.45, 2.75) is 26.8 Å². The van der Waals surface area contributed by atoms with Gasteiger partial charge in [-0.15, -0.1) is 11.3 Å². The monoisotopic (exact) mass is 345 g/mol. The fraction of sp³-hybridized carbons (Fsp3) is 0.444. The number of ether oxygens (including phenoxy) is 1. The van der Waals surface area contributed by atoms with E-state index >= 15 is 0 Å². The number of rotatable bonds is 5. The molecule has 0 aliphatic carbocycles. The van der Waals surface area contributed by atoms with Crippen LogP contribution in [-0.2, 0) is 17.8 Å². The van der Waals surface area contributed by atoms with Gasteiger partial charge in [0.05, 0.1) is 30.0 Å². The number of amides is 1. The smallest absolute Gasteiger partial charge is 0.241 e. The molecule has 3 rings (SSSR count). The molecular formula is C18H23N3O2S. The highest BCUT2D eigenvalue weighted by molar-refractivity contribution is 7.11. The van der Waals surface area contributed by atoms with Crippen molar-refractivity contribution in [2.75, 3.05) is 31.6 Å². The molecule has 0 saturated carbocycles. The van der Waals surface area contributed by atoms with Gasteiger partial charge < -0.3 is 9.64 Å². The molecule has 1 fully saturated rings. The molecule has 0 N–H and O–H groups in total. The Labute approximate surface area is 146 Å². The second kappa shape index (κ2) is 7.32. The summed E-state index contributed by atoms with van der Waals surface area (Å²) in [5, 5.41) is 1.10. The highest BCUT2D eigenvalue weighted by Crippen LogP contribution is 2.29. The molecule has 5 nitrogen and oxygen atoms in total. The minimum Gasteiger partial charge on any atom is -0.495 e. The SMILES string of the molecule is CCc1nc(C)sc1CN1CCN(c2ccccc2OC)C(=O)C1. The summed E-state index contributed by atoms with van der Waals surface area (Å²) in [5.74, 6) is 0.857. The Balaban J connectivity index is 1.70. The first-order valence-electron chi connectivity index (χ1n) is 8.23. The lowest BCUT2D eigenvalue weighted by Crippen LogP contribution is -2.50. The van der Waals surface area contributed by atoms with Crippen molar-refractivity contribution in [3.63, 3.8) is 0 Å². The van der Waals surface area contributed by atoms with Gasteiger partial charge in [0, 0.05) is 24.5 Å². The number of carbonyl (C=O) groups excluding carboxylic acids is 1. The van der Waals surface area contributed by atoms with E-state index in [1.54, 1.807) is 18.4 Å². The van der Waals surface area contributed by atoms with Crippen LogP contribution in [0.1, 0.15) is 22.5 Å². The Hall–Kier alpha value is -1.92. The number of hydrogen-bond acceptors (Lipinski definition) is 5. The summed E-state index contributed by atoms with van der Waals surface area (Å²) in [6.07, 6.45) is 0.939. The van der Waals surface area contributed by atoms with Gasteiger partial charge in [-0.2, -0.15) is 0 Å². The summed E-state index contributed by atoms with van der Waals surface area (Å²) in [6.45, 7) is 6.93. The number of hydrogen-bond donors (Lipinski definition) is 0. The zero-order chi connectivity index (χ0) is 17.1. The van der Waals surface area contributed by atoms with E-state index in [9.17, 15) is 4.79 Å². The third-order valence-corrected chi connectivity index (χ3v) is 5.26. The molecule has 0 radical (unpaired) electrons. The average Bonchev–Trinajstić information content (AvgIpc) is 2.94. The van der Waals surface area contributed by atoms with E-state index in [2.05, 4.69) is 16.8 Å². The predicted octanol–water partition coefficient (Wildman–Crippen LogP) is 2.87. The third-order valence-electron chi connectivity index (χ3n) is 4.26. The van der Waals surface area contributed by atoms with Crippen molar-refractivity contribution >= 4 is 22.9 Å². The predicted molar refractivity (Wildman–Crippen MR) is 96.9 cm³/mol. The first-order valence-corrected chi connectivity index (χ1v) is 9.05. The molecule has 128 valence electrons. The van der Waals surface area contributed by atoms with Gasteiger partial charge in [0.25, 0.3) is 0 Å². The lowest BCUT2D eigenvalue weighted by Gasteiger charge is -2.34. The van der Waals surface area contributed by atoms with Crippen molar-refractivity contribution in [1.29, 1.82) is 0 Å². The summed E-state index contributed by atoms with van der Waals surface area (Å²) in [7, 11) is 1.64. The maximum atomic E-state index is 12.6. The van der Waals surface area contributed by atoms with Crippen LogP contribution in [0.2, 0.25) is 0 Å². The Morgan fingerprint density at radius 1 is 1.29 bits per heavy atom. The number of piperazine rings is 1. The van der Waals surface area contributed by atoms with Gasteiger partial charge in [-0.3, -0.25) is 9.69 Å². The van der Waals surface area contributed by atoms with Gasteiger partial charge >= 0.3 is 0 Å². The number of methoxy groups -OCH3 is 1. The van der Waals surface area contributed by atoms with Crippen LogP contribution in [0.5, 0.6) is 5.75 Å². The number of carbonyl (C=O) groups is 1. The molecule has 0 unspecified atom stereocenters. The normalized spacial score (nSPS) is 15.8. The molecule has 1 aliphatic rings. The van der Waals surface area contributed by atoms with Crippen LogP contribution in [-0.4, -0.2) is 42.5 Å². The average molecular weight is 345 g/mol. The molecule has 1 saturated heterocycles. The van der Waals surface area contributed by atoms with Gasteiger partial charge in [0.2, 0.25) is 5.91 Å². The Kier molecular flexibility index (Phi) is 5.16. The molecule has 6 heteroatoms. The van der Waals surface area contributed by atoms with E-state index in [-0.39, 0.29) is 5.91 Å². The van der Waals surface area contributed by atoms with E-state index in [0.717, 1.165) is 41.6 Å². The Bertz CT molecular complexity index is 729. The zero-order valence-corrected chi connectivity index (χ0v) is 15.2. The lowest BCUT2D eigenvalue weighted by atomic mass is 10.2. The summed E-state index contributed by atoms with van der Waals surface area (Å²) in [4.78, 5) is 22.5. The van der Waals surface area contributed by atoms with E-state index in [1.807, 2.05) is 36.1 Å². The van der Waals surface area contributed by atoms with E-state index in [4.69, 9.17) is 4.74 Å². The first-order chi connectivity index (χ1) is 11.6. The fourth-order valence-electron chi connectivity index (χ4n) is 3.08. The van der Waals surface area contributed by atoms with E-state index < -0.39 is 0 Å². The molecule has 0 spiro atoms. The third kappa shape index (κ3) is 3.44. The van der Waals surface area contributed by atoms with Crippen LogP contribution in [0.15, 0.2) is 24.3 Å². The second-order valence-corrected chi connectivity index (χ2v) is 7.17. The fourth-order valence-corrected chi connectivity index (χ4v) is 4.15. The molecule has 1 aromatic carbocycles. The summed E-state index contributed by atoms with van der Waals surface area (Å²) in [5.41, 5.74) is 2.02. The molecule has 2 aromatic rings. The zero-order valence-electron chi connectivity index (χ0n) is 14.4. The minimum absolute atomic E-state index is 0.116. The van der Waals surface area contributed by atoms with Gasteiger partial charge in [0.15, 0.2) is 0 Å². The van der Waals surface area contributed by atoms with Gasteiger partial charge in [0.1, 0.15) is 5.75 Å². The lowest BCUT2D eigenvalue weighted by molar-refractivity contribution is -0.121. The van der Waals surface area contributed by atoms with Crippen molar-refractivity contribution in [3.05, 3.63) is 39.8 Å². The van der Waals surface area contributed by atoms with Crippen molar-refractivity contribution in [1.82, 2.24) is 9.88 Å². The van der Waals surface area contributed by atoms with Crippen LogP contribution in [0.3, 0.4) is 0 Å². The molecule has 1 aliphatic heterocycles. The van der Waals surface area contributed by atoms with Crippen molar-refractivity contribution in [3.8, 4) is 5.75 Å². The quantitative estimate of drug-likeness (QED) is 0.836. The van der Waals surface area contributed by atoms with E-state index in [0.29, 0.717) is 13.1 Å². The number of para-hydroxylation sites is 2. The summed E-state index contributed by atoms with van der Waals surface area (Å²) in [6, 6.07) is 7.68. The number of nitrogens with zero attached hydrogens (tertiary/aromatic N) is 3. The van der Waals surface area contributed by atoms with Gasteiger partial charge in [-0.05, 0) is 25.5 Å². The first kappa shape index (κ1) is 16.9. The highest BCUT2D eigenvalue weighted by atomic mass is 32.1. The van der Waals surface area contributed by atoms with Crippen LogP contribution in [0.4, 0.5) is 5.69 Å².